The minimum absolute atomic E-state index is 0.0408. The summed E-state index contributed by atoms with van der Waals surface area (Å²) in [6.45, 7) is 5.06. The van der Waals surface area contributed by atoms with Crippen LogP contribution in [-0.4, -0.2) is 63.8 Å². The summed E-state index contributed by atoms with van der Waals surface area (Å²) < 4.78 is 15.7. The van der Waals surface area contributed by atoms with E-state index < -0.39 is 0 Å². The zero-order valence-corrected chi connectivity index (χ0v) is 16.5. The third kappa shape index (κ3) is 6.13. The molecule has 0 bridgehead atoms. The highest BCUT2D eigenvalue weighted by atomic mass is 16.5. The minimum Gasteiger partial charge on any atom is -0.497 e. The van der Waals surface area contributed by atoms with Crippen LogP contribution in [0.3, 0.4) is 0 Å². The Kier molecular flexibility index (Phi) is 8.39. The predicted octanol–water partition coefficient (Wildman–Crippen LogP) is 2.10. The second kappa shape index (κ2) is 10.8. The smallest absolute Gasteiger partial charge is 0.254 e. The highest BCUT2D eigenvalue weighted by Crippen LogP contribution is 2.25. The molecule has 0 aliphatic carbocycles. The molecular formula is C20H30N2O5. The Morgan fingerprint density at radius 3 is 2.30 bits per heavy atom. The van der Waals surface area contributed by atoms with Gasteiger partial charge in [-0.25, -0.2) is 0 Å². The number of carbonyl (C=O) groups excluding carboxylic acids is 2. The molecule has 1 aliphatic rings. The summed E-state index contributed by atoms with van der Waals surface area (Å²) in [5.41, 5.74) is 0.532. The van der Waals surface area contributed by atoms with Crippen molar-refractivity contribution in [1.82, 2.24) is 10.2 Å². The van der Waals surface area contributed by atoms with E-state index in [0.29, 0.717) is 62.8 Å². The Morgan fingerprint density at radius 1 is 1.11 bits per heavy atom. The van der Waals surface area contributed by atoms with Crippen LogP contribution in [0.1, 0.15) is 36.5 Å². The molecule has 0 atom stereocenters. The molecule has 1 heterocycles. The van der Waals surface area contributed by atoms with Crippen molar-refractivity contribution >= 4 is 11.8 Å². The first kappa shape index (κ1) is 21.0. The quantitative estimate of drug-likeness (QED) is 0.666. The van der Waals surface area contributed by atoms with Gasteiger partial charge in [0, 0.05) is 50.4 Å². The number of hydrogen-bond donors (Lipinski definition) is 1. The first-order chi connectivity index (χ1) is 13.1. The van der Waals surface area contributed by atoms with Gasteiger partial charge in [-0.2, -0.15) is 0 Å². The molecule has 1 saturated heterocycles. The lowest BCUT2D eigenvalue weighted by Gasteiger charge is -2.31. The number of nitrogens with zero attached hydrogens (tertiary/aromatic N) is 1. The van der Waals surface area contributed by atoms with Crippen molar-refractivity contribution in [1.29, 1.82) is 0 Å². The summed E-state index contributed by atoms with van der Waals surface area (Å²) in [5, 5.41) is 2.96. The normalized spacial score (nSPS) is 14.7. The molecule has 1 fully saturated rings. The van der Waals surface area contributed by atoms with Crippen molar-refractivity contribution in [3.63, 3.8) is 0 Å². The molecule has 1 N–H and O–H groups in total. The van der Waals surface area contributed by atoms with E-state index in [1.54, 1.807) is 37.3 Å². The van der Waals surface area contributed by atoms with Gasteiger partial charge in [0.05, 0.1) is 14.2 Å². The van der Waals surface area contributed by atoms with E-state index in [4.69, 9.17) is 14.2 Å². The molecule has 0 saturated carbocycles. The molecule has 0 aromatic heterocycles. The van der Waals surface area contributed by atoms with Gasteiger partial charge in [0.1, 0.15) is 11.5 Å². The number of piperidine rings is 1. The lowest BCUT2D eigenvalue weighted by Crippen LogP contribution is -2.43. The number of benzene rings is 1. The molecule has 1 aromatic carbocycles. The molecule has 0 radical (unpaired) electrons. The summed E-state index contributed by atoms with van der Waals surface area (Å²) in [6.07, 6.45) is 2.16. The summed E-state index contributed by atoms with van der Waals surface area (Å²) in [6, 6.07) is 5.16. The average Bonchev–Trinajstić information content (AvgIpc) is 2.72. The van der Waals surface area contributed by atoms with E-state index in [9.17, 15) is 9.59 Å². The third-order valence-electron chi connectivity index (χ3n) is 4.72. The Hall–Kier alpha value is -2.28. The van der Waals surface area contributed by atoms with Crippen LogP contribution in [0.5, 0.6) is 11.5 Å². The summed E-state index contributed by atoms with van der Waals surface area (Å²) in [5.74, 6) is 1.13. The molecular weight excluding hydrogens is 348 g/mol. The van der Waals surface area contributed by atoms with Gasteiger partial charge in [0.25, 0.3) is 5.91 Å². The standard InChI is InChI=1S/C20H30N2O5/c1-4-27-11-5-8-21-19(23)15-6-9-22(10-7-15)20(24)16-12-17(25-2)14-18(13-16)26-3/h12-15H,4-11H2,1-3H3,(H,21,23). The van der Waals surface area contributed by atoms with E-state index in [0.717, 1.165) is 6.42 Å². The average molecular weight is 378 g/mol. The summed E-state index contributed by atoms with van der Waals surface area (Å²) in [4.78, 5) is 26.8. The van der Waals surface area contributed by atoms with Crippen LogP contribution in [0.4, 0.5) is 0 Å². The van der Waals surface area contributed by atoms with Crippen LogP contribution in [0.2, 0.25) is 0 Å². The molecule has 2 amide bonds. The fourth-order valence-corrected chi connectivity index (χ4v) is 3.13. The van der Waals surface area contributed by atoms with E-state index in [1.807, 2.05) is 6.92 Å². The first-order valence-electron chi connectivity index (χ1n) is 9.46. The van der Waals surface area contributed by atoms with Gasteiger partial charge >= 0.3 is 0 Å². The second-order valence-corrected chi connectivity index (χ2v) is 6.51. The molecule has 1 aliphatic heterocycles. The molecule has 0 spiro atoms. The Balaban J connectivity index is 1.84. The number of ether oxygens (including phenoxy) is 3. The van der Waals surface area contributed by atoms with Gasteiger partial charge in [-0.15, -0.1) is 0 Å². The van der Waals surface area contributed by atoms with Crippen LogP contribution < -0.4 is 14.8 Å². The fraction of sp³-hybridized carbons (Fsp3) is 0.600. The number of rotatable bonds is 9. The van der Waals surface area contributed by atoms with E-state index >= 15 is 0 Å². The predicted molar refractivity (Wildman–Crippen MR) is 102 cm³/mol. The number of amides is 2. The van der Waals surface area contributed by atoms with Crippen LogP contribution in [0.15, 0.2) is 18.2 Å². The van der Waals surface area contributed by atoms with E-state index in [1.165, 1.54) is 0 Å². The summed E-state index contributed by atoms with van der Waals surface area (Å²) in [7, 11) is 3.11. The number of nitrogens with one attached hydrogen (secondary N) is 1. The van der Waals surface area contributed by atoms with Crippen molar-refractivity contribution in [2.24, 2.45) is 5.92 Å². The summed E-state index contributed by atoms with van der Waals surface area (Å²) >= 11 is 0. The Morgan fingerprint density at radius 2 is 1.74 bits per heavy atom. The number of hydrogen-bond acceptors (Lipinski definition) is 5. The van der Waals surface area contributed by atoms with Crippen LogP contribution in [0, 0.1) is 5.92 Å². The molecule has 2 rings (SSSR count). The SMILES string of the molecule is CCOCCCNC(=O)C1CCN(C(=O)c2cc(OC)cc(OC)c2)CC1. The van der Waals surface area contributed by atoms with Crippen molar-refractivity contribution in [3.8, 4) is 11.5 Å². The van der Waals surface area contributed by atoms with Gasteiger partial charge in [-0.05, 0) is 38.3 Å². The highest BCUT2D eigenvalue weighted by molar-refractivity contribution is 5.95. The number of methoxy groups -OCH3 is 2. The second-order valence-electron chi connectivity index (χ2n) is 6.51. The molecule has 1 aromatic rings. The minimum atomic E-state index is -0.0669. The maximum Gasteiger partial charge on any atom is 0.254 e. The molecule has 7 nitrogen and oxygen atoms in total. The number of likely N-dealkylation sites (tertiary alicyclic amines) is 1. The van der Waals surface area contributed by atoms with Crippen molar-refractivity contribution in [2.45, 2.75) is 26.2 Å². The topological polar surface area (TPSA) is 77.1 Å². The maximum absolute atomic E-state index is 12.8. The van der Waals surface area contributed by atoms with Crippen molar-refractivity contribution in [2.75, 3.05) is 47.1 Å². The Bertz CT molecular complexity index is 605. The monoisotopic (exact) mass is 378 g/mol. The highest BCUT2D eigenvalue weighted by Gasteiger charge is 2.28. The molecule has 7 heteroatoms. The van der Waals surface area contributed by atoms with Gasteiger partial charge < -0.3 is 24.4 Å². The molecule has 150 valence electrons. The fourth-order valence-electron chi connectivity index (χ4n) is 3.13. The van der Waals surface area contributed by atoms with E-state index in [2.05, 4.69) is 5.32 Å². The number of carbonyl (C=O) groups is 2. The molecule has 0 unspecified atom stereocenters. The van der Waals surface area contributed by atoms with Gasteiger partial charge in [0.2, 0.25) is 5.91 Å². The van der Waals surface area contributed by atoms with Crippen LogP contribution >= 0.6 is 0 Å². The maximum atomic E-state index is 12.8. The van der Waals surface area contributed by atoms with E-state index in [-0.39, 0.29) is 17.7 Å². The van der Waals surface area contributed by atoms with Gasteiger partial charge in [0.15, 0.2) is 0 Å². The zero-order chi connectivity index (χ0) is 19.6. The lowest BCUT2D eigenvalue weighted by atomic mass is 9.95. The molecule has 27 heavy (non-hydrogen) atoms. The largest absolute Gasteiger partial charge is 0.497 e. The van der Waals surface area contributed by atoms with Crippen molar-refractivity contribution in [3.05, 3.63) is 23.8 Å². The Labute approximate surface area is 161 Å². The first-order valence-corrected chi connectivity index (χ1v) is 9.46. The van der Waals surface area contributed by atoms with Gasteiger partial charge in [-0.1, -0.05) is 0 Å². The van der Waals surface area contributed by atoms with Crippen LogP contribution in [0.25, 0.3) is 0 Å². The van der Waals surface area contributed by atoms with Crippen molar-refractivity contribution < 1.29 is 23.8 Å². The van der Waals surface area contributed by atoms with Gasteiger partial charge in [-0.3, -0.25) is 9.59 Å². The van der Waals surface area contributed by atoms with Crippen LogP contribution in [-0.2, 0) is 9.53 Å². The zero-order valence-electron chi connectivity index (χ0n) is 16.5. The lowest BCUT2D eigenvalue weighted by molar-refractivity contribution is -0.126. The third-order valence-corrected chi connectivity index (χ3v) is 4.72.